The number of fused-ring (bicyclic) bond motifs is 1. The highest BCUT2D eigenvalue weighted by Gasteiger charge is 2.11. The lowest BCUT2D eigenvalue weighted by Crippen LogP contribution is -2.40. The van der Waals surface area contributed by atoms with Gasteiger partial charge in [-0.2, -0.15) is 0 Å². The zero-order valence-electron chi connectivity index (χ0n) is 6.09. The fourth-order valence-electron chi connectivity index (χ4n) is 0.856. The normalized spacial score (nSPS) is 10.8. The molecule has 0 unspecified atom stereocenters. The molecule has 62 valence electrons. The van der Waals surface area contributed by atoms with Crippen molar-refractivity contribution in [1.82, 2.24) is 14.6 Å². The average Bonchev–Trinajstić information content (AvgIpc) is 2.48. The van der Waals surface area contributed by atoms with Crippen LogP contribution in [0.4, 0.5) is 0 Å². The Morgan fingerprint density at radius 1 is 1.75 bits per heavy atom. The van der Waals surface area contributed by atoms with Gasteiger partial charge in [0, 0.05) is 0 Å². The van der Waals surface area contributed by atoms with Crippen molar-refractivity contribution in [2.45, 2.75) is 0 Å². The molecule has 2 aromatic heterocycles. The van der Waals surface area contributed by atoms with E-state index in [0.717, 1.165) is 4.52 Å². The molecule has 2 aromatic rings. The molecular weight excluding hydrogens is 180 g/mol. The number of aryl methyl sites for hydroxylation is 1. The van der Waals surface area contributed by atoms with Crippen LogP contribution in [0, 0.1) is 0 Å². The van der Waals surface area contributed by atoms with E-state index >= 15 is 0 Å². The Morgan fingerprint density at radius 2 is 2.50 bits per heavy atom. The molecule has 0 aliphatic carbocycles. The van der Waals surface area contributed by atoms with Crippen LogP contribution in [0.3, 0.4) is 0 Å². The molecule has 0 N–H and O–H groups in total. The van der Waals surface area contributed by atoms with Gasteiger partial charge in [0.25, 0.3) is 0 Å². The minimum atomic E-state index is -0.630. The SMILES string of the molecule is C[n+]1c([O-])nc(=O)n2ncsc21. The van der Waals surface area contributed by atoms with E-state index in [1.165, 1.54) is 21.4 Å². The predicted molar refractivity (Wildman–Crippen MR) is 37.8 cm³/mol. The molecule has 0 atom stereocenters. The van der Waals surface area contributed by atoms with Crippen molar-refractivity contribution in [3.05, 3.63) is 16.0 Å². The van der Waals surface area contributed by atoms with E-state index in [1.807, 2.05) is 0 Å². The molecule has 6 nitrogen and oxygen atoms in total. The highest BCUT2D eigenvalue weighted by atomic mass is 32.1. The Kier molecular flexibility index (Phi) is 1.34. The number of hydrogen-bond acceptors (Lipinski definition) is 5. The van der Waals surface area contributed by atoms with Gasteiger partial charge in [0.2, 0.25) is 6.01 Å². The molecule has 0 aromatic carbocycles. The first-order valence-electron chi connectivity index (χ1n) is 3.10. The summed E-state index contributed by atoms with van der Waals surface area (Å²) in [5.41, 5.74) is 0.854. The number of rotatable bonds is 0. The summed E-state index contributed by atoms with van der Waals surface area (Å²) in [5, 5.41) is 14.7. The van der Waals surface area contributed by atoms with E-state index in [2.05, 4.69) is 10.1 Å². The van der Waals surface area contributed by atoms with Crippen LogP contribution in [0.2, 0.25) is 0 Å². The van der Waals surface area contributed by atoms with E-state index in [4.69, 9.17) is 0 Å². The Hall–Kier alpha value is -1.50. The van der Waals surface area contributed by atoms with Crippen LogP contribution in [0.1, 0.15) is 0 Å². The first kappa shape index (κ1) is 7.17. The van der Waals surface area contributed by atoms with Crippen LogP contribution >= 0.6 is 11.3 Å². The van der Waals surface area contributed by atoms with Crippen molar-refractivity contribution >= 4 is 16.3 Å². The van der Waals surface area contributed by atoms with E-state index < -0.39 is 11.7 Å². The maximum atomic E-state index is 11.0. The lowest BCUT2D eigenvalue weighted by atomic mass is 10.9. The molecule has 0 saturated carbocycles. The summed E-state index contributed by atoms with van der Waals surface area (Å²) < 4.78 is 2.37. The molecule has 2 rings (SSSR count). The van der Waals surface area contributed by atoms with Crippen molar-refractivity contribution in [1.29, 1.82) is 0 Å². The van der Waals surface area contributed by atoms with Gasteiger partial charge in [-0.05, 0) is 16.3 Å². The van der Waals surface area contributed by atoms with Gasteiger partial charge in [-0.1, -0.05) is 9.61 Å². The summed E-state index contributed by atoms with van der Waals surface area (Å²) in [5.74, 6) is 0. The van der Waals surface area contributed by atoms with Crippen LogP contribution in [-0.2, 0) is 7.05 Å². The fraction of sp³-hybridized carbons (Fsp3) is 0.200. The van der Waals surface area contributed by atoms with E-state index in [-0.39, 0.29) is 0 Å². The molecule has 0 radical (unpaired) electrons. The summed E-state index contributed by atoms with van der Waals surface area (Å²) >= 11 is 1.22. The van der Waals surface area contributed by atoms with Gasteiger partial charge in [0.15, 0.2) is 0 Å². The summed E-state index contributed by atoms with van der Waals surface area (Å²) in [4.78, 5) is 14.7. The van der Waals surface area contributed by atoms with Crippen molar-refractivity contribution in [3.8, 4) is 6.01 Å². The molecule has 2 heterocycles. The first-order chi connectivity index (χ1) is 5.70. The molecule has 0 fully saturated rings. The summed E-state index contributed by atoms with van der Waals surface area (Å²) in [6.07, 6.45) is 0. The first-order valence-corrected chi connectivity index (χ1v) is 3.97. The Morgan fingerprint density at radius 3 is 3.25 bits per heavy atom. The highest BCUT2D eigenvalue weighted by Crippen LogP contribution is 1.99. The fourth-order valence-corrected chi connectivity index (χ4v) is 1.55. The Bertz CT molecular complexity index is 488. The number of aromatic nitrogens is 4. The van der Waals surface area contributed by atoms with E-state index in [1.54, 1.807) is 7.05 Å². The molecular formula is C5H4N4O2S. The minimum absolute atomic E-state index is 0.486. The zero-order chi connectivity index (χ0) is 8.72. The van der Waals surface area contributed by atoms with Gasteiger partial charge in [-0.15, -0.1) is 0 Å². The number of hydrogen-bond donors (Lipinski definition) is 0. The van der Waals surface area contributed by atoms with Crippen molar-refractivity contribution < 1.29 is 9.67 Å². The second-order valence-electron chi connectivity index (χ2n) is 2.17. The second-order valence-corrected chi connectivity index (χ2v) is 2.98. The lowest BCUT2D eigenvalue weighted by Gasteiger charge is -2.00. The molecule has 12 heavy (non-hydrogen) atoms. The maximum absolute atomic E-state index is 11.0. The minimum Gasteiger partial charge on any atom is -0.820 e. The van der Waals surface area contributed by atoms with E-state index in [0.29, 0.717) is 4.96 Å². The molecule has 0 aliphatic rings. The lowest BCUT2D eigenvalue weighted by molar-refractivity contribution is -0.697. The molecule has 0 amide bonds. The van der Waals surface area contributed by atoms with Gasteiger partial charge in [-0.3, -0.25) is 0 Å². The maximum Gasteiger partial charge on any atom is 0.503 e. The molecule has 7 heteroatoms. The Balaban J connectivity index is 3.07. The summed E-state index contributed by atoms with van der Waals surface area (Å²) in [7, 11) is 1.54. The topological polar surface area (TPSA) is 74.2 Å². The number of nitrogens with zero attached hydrogens (tertiary/aromatic N) is 4. The third-order valence-electron chi connectivity index (χ3n) is 1.45. The predicted octanol–water partition coefficient (Wildman–Crippen LogP) is -1.95. The van der Waals surface area contributed by atoms with Crippen LogP contribution in [0.15, 0.2) is 10.3 Å². The third-order valence-corrected chi connectivity index (χ3v) is 2.31. The summed E-state index contributed by atoms with van der Waals surface area (Å²) in [6.45, 7) is 0. The van der Waals surface area contributed by atoms with E-state index in [9.17, 15) is 9.90 Å². The van der Waals surface area contributed by atoms with Crippen molar-refractivity contribution in [2.24, 2.45) is 7.05 Å². The standard InChI is InChI=1S/C5H4N4O2S/c1-8-3(10)7-4(11)9-5(8)12-2-6-9/h2H,1H3. The quantitative estimate of drug-likeness (QED) is 0.446. The van der Waals surface area contributed by atoms with Crippen LogP contribution < -0.4 is 15.4 Å². The molecule has 0 spiro atoms. The van der Waals surface area contributed by atoms with Crippen LogP contribution in [0.25, 0.3) is 4.96 Å². The van der Waals surface area contributed by atoms with Crippen molar-refractivity contribution in [2.75, 3.05) is 0 Å². The van der Waals surface area contributed by atoms with Crippen LogP contribution in [-0.4, -0.2) is 14.6 Å². The van der Waals surface area contributed by atoms with Gasteiger partial charge >= 0.3 is 10.7 Å². The monoisotopic (exact) mass is 184 g/mol. The molecule has 0 bridgehead atoms. The highest BCUT2D eigenvalue weighted by molar-refractivity contribution is 7.14. The van der Waals surface area contributed by atoms with Crippen molar-refractivity contribution in [3.63, 3.8) is 0 Å². The van der Waals surface area contributed by atoms with Gasteiger partial charge < -0.3 is 5.11 Å². The smallest absolute Gasteiger partial charge is 0.503 e. The average molecular weight is 184 g/mol. The van der Waals surface area contributed by atoms with Crippen LogP contribution in [0.5, 0.6) is 6.01 Å². The summed E-state index contributed by atoms with van der Waals surface area (Å²) in [6, 6.07) is -0.552. The largest absolute Gasteiger partial charge is 0.820 e. The molecule has 0 saturated heterocycles. The van der Waals surface area contributed by atoms with Gasteiger partial charge in [0.05, 0.1) is 7.05 Å². The van der Waals surface area contributed by atoms with Gasteiger partial charge in [0.1, 0.15) is 5.51 Å². The molecule has 0 aliphatic heterocycles. The Labute approximate surface area is 70.4 Å². The van der Waals surface area contributed by atoms with Gasteiger partial charge in [-0.25, -0.2) is 9.36 Å². The second kappa shape index (κ2) is 2.24. The zero-order valence-corrected chi connectivity index (χ0v) is 6.91. The third kappa shape index (κ3) is 0.797.